The average molecular weight is 279 g/mol. The van der Waals surface area contributed by atoms with Gasteiger partial charge in [0.15, 0.2) is 0 Å². The fraction of sp³-hybridized carbons (Fsp3) is 0.750. The van der Waals surface area contributed by atoms with E-state index in [1.807, 2.05) is 11.3 Å². The van der Waals surface area contributed by atoms with Crippen LogP contribution >= 0.6 is 11.3 Å². The molecule has 3 unspecified atom stereocenters. The van der Waals surface area contributed by atoms with E-state index in [4.69, 9.17) is 0 Å². The maximum absolute atomic E-state index is 10.2. The summed E-state index contributed by atoms with van der Waals surface area (Å²) >= 11 is 1.87. The molecule has 0 aromatic carbocycles. The molecule has 0 bridgehead atoms. The van der Waals surface area contributed by atoms with Gasteiger partial charge in [-0.25, -0.2) is 0 Å². The van der Waals surface area contributed by atoms with Gasteiger partial charge in [0, 0.05) is 23.4 Å². The number of hydrogen-bond donors (Lipinski definition) is 1. The second kappa shape index (κ2) is 6.38. The molecule has 1 saturated heterocycles. The molecule has 3 atom stereocenters. The average Bonchev–Trinajstić information content (AvgIpc) is 3.08. The van der Waals surface area contributed by atoms with Crippen LogP contribution in [0, 0.1) is 5.92 Å². The summed E-state index contributed by atoms with van der Waals surface area (Å²) in [6.07, 6.45) is 8.62. The predicted molar refractivity (Wildman–Crippen MR) is 80.6 cm³/mol. The molecule has 3 heteroatoms. The highest BCUT2D eigenvalue weighted by atomic mass is 32.1. The number of hydrogen-bond acceptors (Lipinski definition) is 3. The Labute approximate surface area is 120 Å². The Balaban J connectivity index is 1.60. The van der Waals surface area contributed by atoms with E-state index >= 15 is 0 Å². The molecule has 2 nitrogen and oxygen atoms in total. The third-order valence-electron chi connectivity index (χ3n) is 4.92. The molecule has 2 aliphatic rings. The van der Waals surface area contributed by atoms with Crippen molar-refractivity contribution in [2.24, 2.45) is 5.92 Å². The molecule has 1 aromatic rings. The highest BCUT2D eigenvalue weighted by Crippen LogP contribution is 2.35. The van der Waals surface area contributed by atoms with Crippen molar-refractivity contribution in [2.75, 3.05) is 13.1 Å². The summed E-state index contributed by atoms with van der Waals surface area (Å²) in [5, 5.41) is 12.4. The van der Waals surface area contributed by atoms with E-state index in [1.54, 1.807) is 0 Å². The van der Waals surface area contributed by atoms with Gasteiger partial charge in [-0.1, -0.05) is 18.9 Å². The summed E-state index contributed by atoms with van der Waals surface area (Å²) < 4.78 is 0. The minimum absolute atomic E-state index is 0.0349. The molecule has 0 radical (unpaired) electrons. The number of aliphatic hydroxyl groups excluding tert-OH is 1. The second-order valence-corrected chi connectivity index (χ2v) is 7.12. The third-order valence-corrected chi connectivity index (χ3v) is 5.85. The minimum atomic E-state index is -0.0349. The Morgan fingerprint density at radius 2 is 2.16 bits per heavy atom. The summed E-state index contributed by atoms with van der Waals surface area (Å²) in [6.45, 7) is 2.41. The minimum Gasteiger partial charge on any atom is -0.393 e. The zero-order valence-corrected chi connectivity index (χ0v) is 12.4. The second-order valence-electron chi connectivity index (χ2n) is 6.09. The van der Waals surface area contributed by atoms with Gasteiger partial charge in [-0.15, -0.1) is 11.3 Å². The monoisotopic (exact) mass is 279 g/mol. The molecule has 0 spiro atoms. The first-order chi connectivity index (χ1) is 9.34. The quantitative estimate of drug-likeness (QED) is 0.914. The molecule has 1 saturated carbocycles. The molecule has 19 heavy (non-hydrogen) atoms. The van der Waals surface area contributed by atoms with Gasteiger partial charge in [-0.3, -0.25) is 4.90 Å². The lowest BCUT2D eigenvalue weighted by Gasteiger charge is -2.40. The van der Waals surface area contributed by atoms with Crippen LogP contribution in [0.2, 0.25) is 0 Å². The number of piperidine rings is 1. The molecule has 1 N–H and O–H groups in total. The fourth-order valence-electron chi connectivity index (χ4n) is 3.91. The van der Waals surface area contributed by atoms with E-state index in [0.29, 0.717) is 12.0 Å². The SMILES string of the molecule is OC1CCCC1C1CCCCN1CCc1cccs1. The Morgan fingerprint density at radius 1 is 1.21 bits per heavy atom. The highest BCUT2D eigenvalue weighted by Gasteiger charge is 2.36. The van der Waals surface area contributed by atoms with Crippen molar-refractivity contribution < 1.29 is 5.11 Å². The van der Waals surface area contributed by atoms with Crippen molar-refractivity contribution in [3.63, 3.8) is 0 Å². The molecular formula is C16H25NOS. The Kier molecular flexibility index (Phi) is 4.57. The van der Waals surface area contributed by atoms with E-state index in [0.717, 1.165) is 6.42 Å². The summed E-state index contributed by atoms with van der Waals surface area (Å²) in [7, 11) is 0. The normalized spacial score (nSPS) is 32.8. The first-order valence-corrected chi connectivity index (χ1v) is 8.67. The van der Waals surface area contributed by atoms with Gasteiger partial charge in [0.1, 0.15) is 0 Å². The van der Waals surface area contributed by atoms with Gasteiger partial charge in [-0.2, -0.15) is 0 Å². The number of likely N-dealkylation sites (tertiary alicyclic amines) is 1. The lowest BCUT2D eigenvalue weighted by Crippen LogP contribution is -2.47. The van der Waals surface area contributed by atoms with E-state index in [1.165, 1.54) is 56.5 Å². The van der Waals surface area contributed by atoms with Gasteiger partial charge in [0.05, 0.1) is 6.10 Å². The zero-order chi connectivity index (χ0) is 13.1. The number of aliphatic hydroxyl groups is 1. The van der Waals surface area contributed by atoms with Crippen molar-refractivity contribution in [3.05, 3.63) is 22.4 Å². The van der Waals surface area contributed by atoms with Crippen molar-refractivity contribution >= 4 is 11.3 Å². The van der Waals surface area contributed by atoms with Gasteiger partial charge in [0.2, 0.25) is 0 Å². The summed E-state index contributed by atoms with van der Waals surface area (Å²) in [6, 6.07) is 5.04. The molecule has 2 fully saturated rings. The molecule has 0 amide bonds. The number of rotatable bonds is 4. The molecule has 1 aromatic heterocycles. The number of thiophene rings is 1. The van der Waals surface area contributed by atoms with Crippen LogP contribution in [-0.4, -0.2) is 35.2 Å². The van der Waals surface area contributed by atoms with Crippen molar-refractivity contribution in [1.29, 1.82) is 0 Å². The summed E-state index contributed by atoms with van der Waals surface area (Å²) in [5.41, 5.74) is 0. The maximum atomic E-state index is 10.2. The Morgan fingerprint density at radius 3 is 2.89 bits per heavy atom. The van der Waals surface area contributed by atoms with Gasteiger partial charge in [-0.05, 0) is 50.1 Å². The molecule has 2 heterocycles. The van der Waals surface area contributed by atoms with Crippen molar-refractivity contribution in [2.45, 2.75) is 57.1 Å². The van der Waals surface area contributed by atoms with E-state index in [2.05, 4.69) is 22.4 Å². The molecule has 3 rings (SSSR count). The van der Waals surface area contributed by atoms with E-state index in [-0.39, 0.29) is 6.10 Å². The summed E-state index contributed by atoms with van der Waals surface area (Å²) in [5.74, 6) is 0.545. The van der Waals surface area contributed by atoms with E-state index < -0.39 is 0 Å². The molecule has 1 aliphatic carbocycles. The third kappa shape index (κ3) is 3.21. The Hall–Kier alpha value is -0.380. The first kappa shape index (κ1) is 13.6. The van der Waals surface area contributed by atoms with Crippen LogP contribution in [0.3, 0.4) is 0 Å². The van der Waals surface area contributed by atoms with Gasteiger partial charge < -0.3 is 5.11 Å². The van der Waals surface area contributed by atoms with Crippen molar-refractivity contribution in [3.8, 4) is 0 Å². The van der Waals surface area contributed by atoms with Crippen LogP contribution in [0.15, 0.2) is 17.5 Å². The Bertz CT molecular complexity index is 378. The van der Waals surface area contributed by atoms with Crippen molar-refractivity contribution in [1.82, 2.24) is 4.90 Å². The lowest BCUT2D eigenvalue weighted by atomic mass is 9.87. The smallest absolute Gasteiger partial charge is 0.0583 e. The van der Waals surface area contributed by atoms with E-state index in [9.17, 15) is 5.11 Å². The largest absolute Gasteiger partial charge is 0.393 e. The van der Waals surface area contributed by atoms with Crippen LogP contribution in [0.25, 0.3) is 0 Å². The predicted octanol–water partition coefficient (Wildman–Crippen LogP) is 3.31. The summed E-state index contributed by atoms with van der Waals surface area (Å²) in [4.78, 5) is 4.17. The van der Waals surface area contributed by atoms with Crippen LogP contribution in [0.4, 0.5) is 0 Å². The topological polar surface area (TPSA) is 23.5 Å². The highest BCUT2D eigenvalue weighted by molar-refractivity contribution is 7.09. The van der Waals surface area contributed by atoms with Gasteiger partial charge in [0.25, 0.3) is 0 Å². The maximum Gasteiger partial charge on any atom is 0.0583 e. The number of nitrogens with zero attached hydrogens (tertiary/aromatic N) is 1. The van der Waals surface area contributed by atoms with Crippen LogP contribution in [-0.2, 0) is 6.42 Å². The standard InChI is InChI=1S/C16H25NOS/c18-16-8-3-6-14(16)15-7-1-2-10-17(15)11-9-13-5-4-12-19-13/h4-5,12,14-16,18H,1-3,6-11H2. The fourth-order valence-corrected chi connectivity index (χ4v) is 4.60. The zero-order valence-electron chi connectivity index (χ0n) is 11.6. The van der Waals surface area contributed by atoms with Gasteiger partial charge >= 0.3 is 0 Å². The molecular weight excluding hydrogens is 254 g/mol. The first-order valence-electron chi connectivity index (χ1n) is 7.79. The van der Waals surface area contributed by atoms with Crippen LogP contribution < -0.4 is 0 Å². The lowest BCUT2D eigenvalue weighted by molar-refractivity contribution is 0.0362. The van der Waals surface area contributed by atoms with Crippen LogP contribution in [0.1, 0.15) is 43.4 Å². The molecule has 1 aliphatic heterocycles. The molecule has 106 valence electrons. The van der Waals surface area contributed by atoms with Crippen LogP contribution in [0.5, 0.6) is 0 Å².